The van der Waals surface area contributed by atoms with E-state index in [0.29, 0.717) is 5.75 Å². The number of β-lactam (4-membered cyclic amide) rings is 1. The maximum atomic E-state index is 12.8. The molecule has 2 aliphatic rings. The molecule has 3 heterocycles. The van der Waals surface area contributed by atoms with Crippen molar-refractivity contribution < 1.29 is 34.2 Å². The first-order chi connectivity index (χ1) is 14.0. The summed E-state index contributed by atoms with van der Waals surface area (Å²) in [5, 5.41) is 25.5. The van der Waals surface area contributed by atoms with Gasteiger partial charge in [0.25, 0.3) is 11.8 Å². The molecule has 0 aromatic carbocycles. The topological polar surface area (TPSA) is 185 Å². The Hall–Kier alpha value is -3.13. The highest BCUT2D eigenvalue weighted by molar-refractivity contribution is 8.00. The smallest absolute Gasteiger partial charge is 0.352 e. The highest BCUT2D eigenvalue weighted by atomic mass is 32.2. The molecule has 1 aromatic rings. The van der Waals surface area contributed by atoms with Gasteiger partial charge in [-0.05, 0) is 19.9 Å². The quantitative estimate of drug-likeness (QED) is 0.241. The number of thiazole rings is 1. The van der Waals surface area contributed by atoms with Gasteiger partial charge in [-0.2, -0.15) is 0 Å². The molecule has 1 aromatic heterocycles. The molecule has 0 saturated carbocycles. The second kappa shape index (κ2) is 7.95. The second-order valence-electron chi connectivity index (χ2n) is 6.70. The molecule has 1 fully saturated rings. The minimum Gasteiger partial charge on any atom is -0.478 e. The molecule has 3 rings (SSSR count). The van der Waals surface area contributed by atoms with E-state index >= 15 is 0 Å². The summed E-state index contributed by atoms with van der Waals surface area (Å²) in [6.45, 7) is 2.49. The van der Waals surface area contributed by atoms with Gasteiger partial charge in [0.15, 0.2) is 10.8 Å². The molecule has 0 spiro atoms. The number of nitrogens with one attached hydrogen (secondary N) is 1. The summed E-state index contributed by atoms with van der Waals surface area (Å²) < 4.78 is 0. The van der Waals surface area contributed by atoms with Crippen LogP contribution in [-0.2, 0) is 24.0 Å². The van der Waals surface area contributed by atoms with Crippen LogP contribution >= 0.6 is 23.1 Å². The Kier molecular flexibility index (Phi) is 5.72. The predicted molar refractivity (Wildman–Crippen MR) is 107 cm³/mol. The lowest BCUT2D eigenvalue weighted by atomic mass is 10.0. The Morgan fingerprint density at radius 3 is 2.67 bits per heavy atom. The van der Waals surface area contributed by atoms with Gasteiger partial charge in [0.2, 0.25) is 5.60 Å². The number of carbonyl (C=O) groups is 4. The maximum Gasteiger partial charge on any atom is 0.352 e. The average molecular weight is 455 g/mol. The molecule has 0 aliphatic carbocycles. The summed E-state index contributed by atoms with van der Waals surface area (Å²) in [6, 6.07) is -0.987. The largest absolute Gasteiger partial charge is 0.478 e. The van der Waals surface area contributed by atoms with Crippen LogP contribution in [0, 0.1) is 0 Å². The van der Waals surface area contributed by atoms with Crippen molar-refractivity contribution in [3.63, 3.8) is 0 Å². The lowest BCUT2D eigenvalue weighted by molar-refractivity contribution is -0.161. The number of nitrogens with zero attached hydrogens (tertiary/aromatic N) is 3. The van der Waals surface area contributed by atoms with E-state index < -0.39 is 40.8 Å². The third-order valence-electron chi connectivity index (χ3n) is 4.21. The summed E-state index contributed by atoms with van der Waals surface area (Å²) in [4.78, 5) is 57.8. The fourth-order valence-corrected chi connectivity index (χ4v) is 4.29. The van der Waals surface area contributed by atoms with E-state index in [-0.39, 0.29) is 22.2 Å². The fourth-order valence-electron chi connectivity index (χ4n) is 2.55. The number of aromatic nitrogens is 1. The molecule has 160 valence electrons. The number of carboxylic acids is 2. The number of rotatable bonds is 7. The minimum atomic E-state index is -1.73. The molecule has 2 amide bonds. The molecule has 2 aliphatic heterocycles. The van der Waals surface area contributed by atoms with E-state index in [9.17, 15) is 24.3 Å². The van der Waals surface area contributed by atoms with Crippen LogP contribution in [0.2, 0.25) is 0 Å². The predicted octanol–water partition coefficient (Wildman–Crippen LogP) is -0.322. The van der Waals surface area contributed by atoms with Crippen LogP contribution in [0.4, 0.5) is 5.13 Å². The molecule has 14 heteroatoms. The van der Waals surface area contributed by atoms with Crippen LogP contribution < -0.4 is 11.1 Å². The number of carbonyl (C=O) groups excluding carboxylic acids is 2. The van der Waals surface area contributed by atoms with Crippen molar-refractivity contribution in [2.75, 3.05) is 11.5 Å². The lowest BCUT2D eigenvalue weighted by Crippen LogP contribution is -2.70. The van der Waals surface area contributed by atoms with Crippen molar-refractivity contribution in [3.8, 4) is 0 Å². The van der Waals surface area contributed by atoms with Crippen LogP contribution in [0.3, 0.4) is 0 Å². The molecule has 2 atom stereocenters. The van der Waals surface area contributed by atoms with E-state index in [1.807, 2.05) is 0 Å². The van der Waals surface area contributed by atoms with Gasteiger partial charge in [-0.3, -0.25) is 14.5 Å². The SMILES string of the molecule is CC(C)(ON=C(C(=O)N[C@@H]1C(=O)N2C(C(=O)O)=CCS[C@H]12)c1csc(N)n1)C(=O)O. The zero-order chi connectivity index (χ0) is 22.2. The van der Waals surface area contributed by atoms with E-state index in [1.165, 1.54) is 37.1 Å². The summed E-state index contributed by atoms with van der Waals surface area (Å²) in [7, 11) is 0. The number of hydrogen-bond acceptors (Lipinski definition) is 10. The van der Waals surface area contributed by atoms with Crippen LogP contribution in [0.25, 0.3) is 0 Å². The first-order valence-electron chi connectivity index (χ1n) is 8.43. The molecule has 1 saturated heterocycles. The zero-order valence-corrected chi connectivity index (χ0v) is 17.3. The number of nitrogen functional groups attached to an aromatic ring is 1. The van der Waals surface area contributed by atoms with Crippen molar-refractivity contribution in [3.05, 3.63) is 22.8 Å². The number of thioether (sulfide) groups is 1. The van der Waals surface area contributed by atoms with Gasteiger partial charge in [-0.25, -0.2) is 14.6 Å². The number of amides is 2. The molecule has 5 N–H and O–H groups in total. The Bertz CT molecular complexity index is 986. The van der Waals surface area contributed by atoms with Gasteiger partial charge in [-0.15, -0.1) is 23.1 Å². The Balaban J connectivity index is 1.81. The van der Waals surface area contributed by atoms with E-state index in [2.05, 4.69) is 15.5 Å². The molecule has 0 bridgehead atoms. The standard InChI is InChI=1S/C16H17N5O7S2/c1-16(2,14(26)27)28-20-8(6-5-30-15(17)18-6)10(22)19-9-11(23)21-7(13(24)25)3-4-29-12(9)21/h3,5,9,12H,4H2,1-2H3,(H2,17,18)(H,19,22)(H,24,25)(H,26,27)/t9-,12-/m1/s1. The maximum absolute atomic E-state index is 12.8. The molecule has 30 heavy (non-hydrogen) atoms. The van der Waals surface area contributed by atoms with E-state index in [4.69, 9.17) is 15.7 Å². The Labute approximate surface area is 177 Å². The number of anilines is 1. The summed E-state index contributed by atoms with van der Waals surface area (Å²) in [5.74, 6) is -3.60. The number of fused-ring (bicyclic) bond motifs is 1. The summed E-state index contributed by atoms with van der Waals surface area (Å²) in [6.07, 6.45) is 1.42. The molecule has 0 radical (unpaired) electrons. The number of hydrogen-bond donors (Lipinski definition) is 4. The number of nitrogens with two attached hydrogens (primary N) is 1. The first-order valence-corrected chi connectivity index (χ1v) is 10.4. The highest BCUT2D eigenvalue weighted by Gasteiger charge is 2.53. The van der Waals surface area contributed by atoms with Crippen LogP contribution in [0.1, 0.15) is 19.5 Å². The van der Waals surface area contributed by atoms with Gasteiger partial charge in [0.1, 0.15) is 22.8 Å². The average Bonchev–Trinajstić information content (AvgIpc) is 3.11. The van der Waals surface area contributed by atoms with Crippen LogP contribution in [-0.4, -0.2) is 72.3 Å². The van der Waals surface area contributed by atoms with Gasteiger partial charge >= 0.3 is 11.9 Å². The molecule has 0 unspecified atom stereocenters. The van der Waals surface area contributed by atoms with Gasteiger partial charge < -0.3 is 26.1 Å². The van der Waals surface area contributed by atoms with Crippen molar-refractivity contribution in [2.24, 2.45) is 5.16 Å². The number of oxime groups is 1. The van der Waals surface area contributed by atoms with E-state index in [0.717, 1.165) is 16.2 Å². The summed E-state index contributed by atoms with van der Waals surface area (Å²) >= 11 is 2.32. The molecular formula is C16H17N5O7S2. The van der Waals surface area contributed by atoms with Crippen LogP contribution in [0.15, 0.2) is 22.3 Å². The second-order valence-corrected chi connectivity index (χ2v) is 8.73. The Morgan fingerprint density at radius 1 is 1.40 bits per heavy atom. The normalized spacial score (nSPS) is 21.3. The lowest BCUT2D eigenvalue weighted by Gasteiger charge is -2.48. The molecule has 12 nitrogen and oxygen atoms in total. The van der Waals surface area contributed by atoms with Crippen molar-refractivity contribution >= 4 is 57.7 Å². The highest BCUT2D eigenvalue weighted by Crippen LogP contribution is 2.37. The van der Waals surface area contributed by atoms with Gasteiger partial charge in [0, 0.05) is 11.1 Å². The fraction of sp³-hybridized carbons (Fsp3) is 0.375. The third-order valence-corrected chi connectivity index (χ3v) is 6.07. The van der Waals surface area contributed by atoms with E-state index in [1.54, 1.807) is 0 Å². The minimum absolute atomic E-state index is 0.0437. The summed E-state index contributed by atoms with van der Waals surface area (Å²) in [5.41, 5.74) is 3.42. The number of aliphatic carboxylic acids is 2. The monoisotopic (exact) mass is 455 g/mol. The zero-order valence-electron chi connectivity index (χ0n) is 15.7. The Morgan fingerprint density at radius 2 is 2.10 bits per heavy atom. The first kappa shape index (κ1) is 21.6. The van der Waals surface area contributed by atoms with Gasteiger partial charge in [0.05, 0.1) is 0 Å². The number of carboxylic acid groups (broad SMARTS) is 2. The van der Waals surface area contributed by atoms with Gasteiger partial charge in [-0.1, -0.05) is 5.16 Å². The van der Waals surface area contributed by atoms with Crippen LogP contribution in [0.5, 0.6) is 0 Å². The van der Waals surface area contributed by atoms with Crippen molar-refractivity contribution in [1.82, 2.24) is 15.2 Å². The van der Waals surface area contributed by atoms with Crippen molar-refractivity contribution in [2.45, 2.75) is 30.9 Å². The molecular weight excluding hydrogens is 438 g/mol. The third kappa shape index (κ3) is 3.95. The van der Waals surface area contributed by atoms with Crippen molar-refractivity contribution in [1.29, 1.82) is 0 Å².